The van der Waals surface area contributed by atoms with Gasteiger partial charge in [0.05, 0.1) is 12.6 Å². The van der Waals surface area contributed by atoms with E-state index in [1.807, 2.05) is 18.3 Å². The number of hydrogen-bond donors (Lipinski definition) is 3. The lowest BCUT2D eigenvalue weighted by Crippen LogP contribution is -2.30. The van der Waals surface area contributed by atoms with E-state index in [1.54, 1.807) is 36.4 Å². The van der Waals surface area contributed by atoms with Crippen molar-refractivity contribution in [2.24, 2.45) is 0 Å². The van der Waals surface area contributed by atoms with Gasteiger partial charge in [0.2, 0.25) is 0 Å². The van der Waals surface area contributed by atoms with Crippen molar-refractivity contribution in [3.63, 3.8) is 0 Å². The van der Waals surface area contributed by atoms with Gasteiger partial charge in [-0.05, 0) is 41.3 Å². The number of carbonyl (C=O) groups excluding carboxylic acids is 1. The number of fused-ring (bicyclic) bond motifs is 1. The second kappa shape index (κ2) is 6.22. The lowest BCUT2D eigenvalue weighted by molar-refractivity contribution is 0.0916. The maximum absolute atomic E-state index is 12.4. The fourth-order valence-corrected chi connectivity index (χ4v) is 2.49. The Morgan fingerprint density at radius 3 is 2.68 bits per heavy atom. The predicted molar refractivity (Wildman–Crippen MR) is 87.0 cm³/mol. The van der Waals surface area contributed by atoms with E-state index in [1.165, 1.54) is 0 Å². The highest BCUT2D eigenvalue weighted by atomic mass is 35.5. The van der Waals surface area contributed by atoms with Gasteiger partial charge in [0.1, 0.15) is 0 Å². The van der Waals surface area contributed by atoms with E-state index < -0.39 is 6.04 Å². The lowest BCUT2D eigenvalue weighted by atomic mass is 10.1. The quantitative estimate of drug-likeness (QED) is 0.692. The summed E-state index contributed by atoms with van der Waals surface area (Å²) in [6.07, 6.45) is 1.83. The van der Waals surface area contributed by atoms with Gasteiger partial charge in [-0.1, -0.05) is 29.8 Å². The van der Waals surface area contributed by atoms with Crippen LogP contribution >= 0.6 is 11.6 Å². The molecule has 1 atom stereocenters. The summed E-state index contributed by atoms with van der Waals surface area (Å²) in [4.78, 5) is 15.4. The molecule has 0 aliphatic heterocycles. The second-order valence-electron chi connectivity index (χ2n) is 5.04. The molecule has 5 heteroatoms. The number of nitrogens with one attached hydrogen (secondary N) is 2. The number of halogens is 1. The number of aliphatic hydroxyl groups is 1. The number of aromatic amines is 1. The molecule has 4 nitrogen and oxygen atoms in total. The van der Waals surface area contributed by atoms with E-state index in [9.17, 15) is 9.90 Å². The summed E-state index contributed by atoms with van der Waals surface area (Å²) in [6.45, 7) is -0.182. The number of amides is 1. The van der Waals surface area contributed by atoms with Gasteiger partial charge < -0.3 is 15.4 Å². The molecular formula is C17H15ClN2O2. The average Bonchev–Trinajstić information content (AvgIpc) is 3.01. The molecule has 0 fully saturated rings. The van der Waals surface area contributed by atoms with Gasteiger partial charge in [-0.15, -0.1) is 0 Å². The first kappa shape index (κ1) is 14.6. The highest BCUT2D eigenvalue weighted by molar-refractivity contribution is 6.30. The monoisotopic (exact) mass is 314 g/mol. The maximum Gasteiger partial charge on any atom is 0.251 e. The third-order valence-corrected chi connectivity index (χ3v) is 3.83. The normalized spacial score (nSPS) is 12.3. The van der Waals surface area contributed by atoms with Crippen molar-refractivity contribution in [1.82, 2.24) is 10.3 Å². The van der Waals surface area contributed by atoms with Crippen LogP contribution in [0.15, 0.2) is 54.7 Å². The van der Waals surface area contributed by atoms with Gasteiger partial charge in [-0.2, -0.15) is 0 Å². The lowest BCUT2D eigenvalue weighted by Gasteiger charge is -2.17. The Hall–Kier alpha value is -2.30. The third-order valence-electron chi connectivity index (χ3n) is 3.58. The van der Waals surface area contributed by atoms with Crippen LogP contribution in [0.4, 0.5) is 0 Å². The van der Waals surface area contributed by atoms with Crippen molar-refractivity contribution in [1.29, 1.82) is 0 Å². The largest absolute Gasteiger partial charge is 0.394 e. The number of benzene rings is 2. The van der Waals surface area contributed by atoms with Gasteiger partial charge in [0.15, 0.2) is 0 Å². The number of rotatable bonds is 4. The van der Waals surface area contributed by atoms with Crippen LogP contribution in [0.5, 0.6) is 0 Å². The second-order valence-corrected chi connectivity index (χ2v) is 5.48. The van der Waals surface area contributed by atoms with Crippen LogP contribution in [-0.4, -0.2) is 22.6 Å². The van der Waals surface area contributed by atoms with Gasteiger partial charge >= 0.3 is 0 Å². The van der Waals surface area contributed by atoms with Crippen LogP contribution in [-0.2, 0) is 0 Å². The Morgan fingerprint density at radius 1 is 1.18 bits per heavy atom. The number of H-pyrrole nitrogens is 1. The summed E-state index contributed by atoms with van der Waals surface area (Å²) >= 11 is 5.85. The number of aliphatic hydroxyl groups excluding tert-OH is 1. The van der Waals surface area contributed by atoms with E-state index in [0.29, 0.717) is 10.6 Å². The minimum Gasteiger partial charge on any atom is -0.394 e. The zero-order valence-electron chi connectivity index (χ0n) is 11.7. The molecular weight excluding hydrogens is 300 g/mol. The molecule has 0 spiro atoms. The van der Waals surface area contributed by atoms with E-state index in [2.05, 4.69) is 10.3 Å². The summed E-state index contributed by atoms with van der Waals surface area (Å²) in [5.74, 6) is -0.231. The molecule has 1 heterocycles. The smallest absolute Gasteiger partial charge is 0.251 e. The van der Waals surface area contributed by atoms with Crippen molar-refractivity contribution < 1.29 is 9.90 Å². The number of carbonyl (C=O) groups is 1. The van der Waals surface area contributed by atoms with E-state index in [4.69, 9.17) is 11.6 Å². The third kappa shape index (κ3) is 2.98. The predicted octanol–water partition coefficient (Wildman–Crippen LogP) is 3.28. The van der Waals surface area contributed by atoms with E-state index in [-0.39, 0.29) is 12.5 Å². The van der Waals surface area contributed by atoms with Crippen molar-refractivity contribution in [3.8, 4) is 0 Å². The van der Waals surface area contributed by atoms with Crippen LogP contribution in [0.25, 0.3) is 10.9 Å². The Balaban J connectivity index is 1.80. The molecule has 0 saturated carbocycles. The van der Waals surface area contributed by atoms with Crippen molar-refractivity contribution >= 4 is 28.4 Å². The molecule has 0 radical (unpaired) electrons. The van der Waals surface area contributed by atoms with Gasteiger partial charge in [-0.3, -0.25) is 4.79 Å². The summed E-state index contributed by atoms with van der Waals surface area (Å²) in [7, 11) is 0. The van der Waals surface area contributed by atoms with Gasteiger partial charge in [0, 0.05) is 22.3 Å². The fraction of sp³-hybridized carbons (Fsp3) is 0.118. The molecule has 2 aromatic carbocycles. The molecule has 0 aliphatic carbocycles. The molecule has 22 heavy (non-hydrogen) atoms. The first-order valence-corrected chi connectivity index (χ1v) is 7.29. The summed E-state index contributed by atoms with van der Waals surface area (Å²) in [5.41, 5.74) is 2.25. The summed E-state index contributed by atoms with van der Waals surface area (Å²) in [6, 6.07) is 14.0. The molecule has 3 rings (SSSR count). The average molecular weight is 315 g/mol. The summed E-state index contributed by atoms with van der Waals surface area (Å²) in [5, 5.41) is 14.0. The molecule has 1 unspecified atom stereocenters. The first-order chi connectivity index (χ1) is 10.7. The minimum atomic E-state index is -0.468. The Kier molecular flexibility index (Phi) is 4.13. The van der Waals surface area contributed by atoms with Crippen molar-refractivity contribution in [2.45, 2.75) is 6.04 Å². The van der Waals surface area contributed by atoms with E-state index in [0.717, 1.165) is 16.5 Å². The maximum atomic E-state index is 12.4. The van der Waals surface area contributed by atoms with Crippen LogP contribution in [0.1, 0.15) is 22.0 Å². The molecule has 3 aromatic rings. The molecule has 1 amide bonds. The Morgan fingerprint density at radius 2 is 1.95 bits per heavy atom. The van der Waals surface area contributed by atoms with Crippen molar-refractivity contribution in [2.75, 3.05) is 6.61 Å². The summed E-state index contributed by atoms with van der Waals surface area (Å²) < 4.78 is 0. The van der Waals surface area contributed by atoms with Crippen LogP contribution in [0.3, 0.4) is 0 Å². The fourth-order valence-electron chi connectivity index (χ4n) is 2.36. The van der Waals surface area contributed by atoms with Gasteiger partial charge in [-0.25, -0.2) is 0 Å². The molecule has 3 N–H and O–H groups in total. The minimum absolute atomic E-state index is 0.182. The zero-order chi connectivity index (χ0) is 15.5. The van der Waals surface area contributed by atoms with Crippen LogP contribution in [0.2, 0.25) is 5.02 Å². The van der Waals surface area contributed by atoms with Gasteiger partial charge in [0.25, 0.3) is 5.91 Å². The molecule has 0 aliphatic rings. The van der Waals surface area contributed by atoms with E-state index >= 15 is 0 Å². The molecule has 1 aromatic heterocycles. The zero-order valence-corrected chi connectivity index (χ0v) is 12.5. The number of hydrogen-bond acceptors (Lipinski definition) is 2. The van der Waals surface area contributed by atoms with Crippen LogP contribution < -0.4 is 5.32 Å². The van der Waals surface area contributed by atoms with Crippen molar-refractivity contribution in [3.05, 3.63) is 70.9 Å². The highest BCUT2D eigenvalue weighted by Gasteiger charge is 2.15. The molecule has 112 valence electrons. The Labute approximate surface area is 132 Å². The topological polar surface area (TPSA) is 65.1 Å². The molecule has 0 bridgehead atoms. The van der Waals surface area contributed by atoms with Crippen LogP contribution in [0, 0.1) is 0 Å². The first-order valence-electron chi connectivity index (χ1n) is 6.92. The highest BCUT2D eigenvalue weighted by Crippen LogP contribution is 2.18. The SMILES string of the molecule is O=C(NC(CO)c1ccc(Cl)cc1)c1ccc2cc[nH]c2c1. The Bertz CT molecular complexity index is 796. The number of aromatic nitrogens is 1. The molecule has 0 saturated heterocycles. The standard InChI is InChI=1S/C17H15ClN2O2/c18-14-5-3-11(4-6-14)16(10-21)20-17(22)13-2-1-12-7-8-19-15(12)9-13/h1-9,16,19,21H,10H2,(H,20,22).